The van der Waals surface area contributed by atoms with E-state index in [0.29, 0.717) is 11.7 Å². The Labute approximate surface area is 138 Å². The zero-order valence-corrected chi connectivity index (χ0v) is 14.5. The van der Waals surface area contributed by atoms with Crippen LogP contribution in [0, 0.1) is 23.7 Å². The number of hydrogen-bond donors (Lipinski definition) is 1. The zero-order valence-electron chi connectivity index (χ0n) is 14.5. The molecule has 2 atom stereocenters. The lowest BCUT2D eigenvalue weighted by molar-refractivity contribution is -0.123. The summed E-state index contributed by atoms with van der Waals surface area (Å²) in [4.78, 5) is 12.0. The van der Waals surface area contributed by atoms with E-state index in [1.54, 1.807) is 0 Å². The summed E-state index contributed by atoms with van der Waals surface area (Å²) in [5.74, 6) is 1.19. The monoisotopic (exact) mass is 314 g/mol. The first-order chi connectivity index (χ1) is 10.8. The minimum atomic E-state index is -0.205. The van der Waals surface area contributed by atoms with Gasteiger partial charge in [-0.1, -0.05) is 32.9 Å². The summed E-state index contributed by atoms with van der Waals surface area (Å²) in [5.41, 5.74) is 5.32. The smallest absolute Gasteiger partial charge is 0.277 e. The van der Waals surface area contributed by atoms with Gasteiger partial charge in [-0.15, -0.1) is 0 Å². The van der Waals surface area contributed by atoms with Gasteiger partial charge >= 0.3 is 0 Å². The number of ether oxygens (including phenoxy) is 1. The molecule has 0 radical (unpaired) electrons. The minimum absolute atomic E-state index is 0.0101. The highest BCUT2D eigenvalue weighted by molar-refractivity contribution is 5.95. The second-order valence-electron chi connectivity index (χ2n) is 7.69. The molecule has 0 aromatic heterocycles. The van der Waals surface area contributed by atoms with Gasteiger partial charge in [0.2, 0.25) is 0 Å². The lowest BCUT2D eigenvalue weighted by Crippen LogP contribution is -2.35. The van der Waals surface area contributed by atoms with Crippen molar-refractivity contribution in [3.63, 3.8) is 0 Å². The molecule has 0 saturated heterocycles. The molecule has 1 N–H and O–H groups in total. The van der Waals surface area contributed by atoms with Crippen molar-refractivity contribution in [3.05, 3.63) is 29.8 Å². The van der Waals surface area contributed by atoms with Gasteiger partial charge in [0.15, 0.2) is 6.61 Å². The van der Waals surface area contributed by atoms with Crippen LogP contribution in [-0.4, -0.2) is 18.2 Å². The number of nitrogens with one attached hydrogen (secondary N) is 1. The van der Waals surface area contributed by atoms with Crippen LogP contribution in [0.4, 0.5) is 0 Å². The summed E-state index contributed by atoms with van der Waals surface area (Å²) in [6.45, 7) is 8.93. The lowest BCUT2D eigenvalue weighted by Gasteiger charge is -2.34. The summed E-state index contributed by atoms with van der Waals surface area (Å²) >= 11 is 0. The number of benzene rings is 1. The predicted octanol–water partition coefficient (Wildman–Crippen LogP) is 3.69. The SMILES string of the molecule is Cc1cccc(OCC(=O)N/N=C2/C[C@H]3CC[C@]2(C)C3(C)C)c1. The molecule has 4 heteroatoms. The number of hydrazone groups is 1. The summed E-state index contributed by atoms with van der Waals surface area (Å²) in [6, 6.07) is 7.68. The fourth-order valence-corrected chi connectivity index (χ4v) is 4.11. The van der Waals surface area contributed by atoms with E-state index in [2.05, 4.69) is 31.3 Å². The van der Waals surface area contributed by atoms with Crippen LogP contribution in [-0.2, 0) is 4.79 Å². The Morgan fingerprint density at radius 2 is 2.17 bits per heavy atom. The molecule has 0 aliphatic heterocycles. The highest BCUT2D eigenvalue weighted by Gasteiger charge is 2.59. The van der Waals surface area contributed by atoms with Crippen molar-refractivity contribution in [2.45, 2.75) is 47.0 Å². The maximum atomic E-state index is 12.0. The Balaban J connectivity index is 1.57. The van der Waals surface area contributed by atoms with Gasteiger partial charge in [-0.05, 0) is 55.2 Å². The number of amides is 1. The average Bonchev–Trinajstić information content (AvgIpc) is 2.84. The first-order valence-electron chi connectivity index (χ1n) is 8.38. The Bertz CT molecular complexity index is 651. The number of fused-ring (bicyclic) bond motifs is 2. The van der Waals surface area contributed by atoms with Gasteiger partial charge in [0, 0.05) is 11.1 Å². The van der Waals surface area contributed by atoms with Gasteiger partial charge in [0.1, 0.15) is 5.75 Å². The second-order valence-corrected chi connectivity index (χ2v) is 7.69. The molecule has 0 unspecified atom stereocenters. The summed E-state index contributed by atoms with van der Waals surface area (Å²) < 4.78 is 5.51. The largest absolute Gasteiger partial charge is 0.484 e. The molecule has 1 aromatic rings. The van der Waals surface area contributed by atoms with Crippen molar-refractivity contribution in [2.24, 2.45) is 21.8 Å². The van der Waals surface area contributed by atoms with Gasteiger partial charge < -0.3 is 4.74 Å². The molecule has 2 fully saturated rings. The Morgan fingerprint density at radius 3 is 2.78 bits per heavy atom. The van der Waals surface area contributed by atoms with E-state index < -0.39 is 0 Å². The minimum Gasteiger partial charge on any atom is -0.484 e. The molecule has 4 nitrogen and oxygen atoms in total. The van der Waals surface area contributed by atoms with Crippen molar-refractivity contribution in [1.82, 2.24) is 5.43 Å². The van der Waals surface area contributed by atoms with Crippen LogP contribution >= 0.6 is 0 Å². The van der Waals surface area contributed by atoms with Crippen molar-refractivity contribution in [1.29, 1.82) is 0 Å². The Morgan fingerprint density at radius 1 is 1.39 bits per heavy atom. The van der Waals surface area contributed by atoms with Crippen molar-refractivity contribution in [2.75, 3.05) is 6.61 Å². The number of carbonyl (C=O) groups is 1. The highest BCUT2D eigenvalue weighted by atomic mass is 16.5. The van der Waals surface area contributed by atoms with Crippen LogP contribution in [0.15, 0.2) is 29.4 Å². The molecule has 1 aromatic carbocycles. The average molecular weight is 314 g/mol. The first kappa shape index (κ1) is 16.0. The third-order valence-electron chi connectivity index (χ3n) is 6.19. The first-order valence-corrected chi connectivity index (χ1v) is 8.38. The topological polar surface area (TPSA) is 50.7 Å². The number of rotatable bonds is 4. The normalized spacial score (nSPS) is 29.7. The van der Waals surface area contributed by atoms with E-state index in [9.17, 15) is 4.79 Å². The molecule has 23 heavy (non-hydrogen) atoms. The summed E-state index contributed by atoms with van der Waals surface area (Å²) in [6.07, 6.45) is 3.44. The summed E-state index contributed by atoms with van der Waals surface area (Å²) in [7, 11) is 0. The zero-order chi connectivity index (χ0) is 16.7. The third kappa shape index (κ3) is 2.75. The van der Waals surface area contributed by atoms with E-state index >= 15 is 0 Å². The van der Waals surface area contributed by atoms with E-state index in [1.165, 1.54) is 12.8 Å². The number of hydrogen-bond acceptors (Lipinski definition) is 3. The second kappa shape index (κ2) is 5.66. The van der Waals surface area contributed by atoms with E-state index in [1.807, 2.05) is 31.2 Å². The van der Waals surface area contributed by atoms with Crippen LogP contribution in [0.1, 0.15) is 45.6 Å². The number of aryl methyl sites for hydroxylation is 1. The molecule has 2 aliphatic rings. The fraction of sp³-hybridized carbons (Fsp3) is 0.579. The molecule has 2 saturated carbocycles. The Kier molecular flexibility index (Phi) is 3.95. The van der Waals surface area contributed by atoms with E-state index in [4.69, 9.17) is 4.74 Å². The molecule has 0 heterocycles. The van der Waals surface area contributed by atoms with Gasteiger partial charge in [-0.25, -0.2) is 5.43 Å². The maximum Gasteiger partial charge on any atom is 0.277 e. The molecule has 2 aliphatic carbocycles. The quantitative estimate of drug-likeness (QED) is 0.862. The van der Waals surface area contributed by atoms with E-state index in [-0.39, 0.29) is 23.3 Å². The molecular weight excluding hydrogens is 288 g/mol. The molecule has 1 amide bonds. The molecular formula is C19H26N2O2. The van der Waals surface area contributed by atoms with Crippen LogP contribution in [0.3, 0.4) is 0 Å². The summed E-state index contributed by atoms with van der Waals surface area (Å²) in [5, 5.41) is 4.44. The Hall–Kier alpha value is -1.84. The molecule has 3 rings (SSSR count). The number of nitrogens with zero attached hydrogens (tertiary/aromatic N) is 1. The van der Waals surface area contributed by atoms with Crippen LogP contribution in [0.25, 0.3) is 0 Å². The third-order valence-corrected chi connectivity index (χ3v) is 6.19. The van der Waals surface area contributed by atoms with Crippen molar-refractivity contribution < 1.29 is 9.53 Å². The van der Waals surface area contributed by atoms with Gasteiger partial charge in [0.25, 0.3) is 5.91 Å². The lowest BCUT2D eigenvalue weighted by atomic mass is 9.70. The van der Waals surface area contributed by atoms with E-state index in [0.717, 1.165) is 17.7 Å². The van der Waals surface area contributed by atoms with Gasteiger partial charge in [-0.3, -0.25) is 4.79 Å². The maximum absolute atomic E-state index is 12.0. The number of carbonyl (C=O) groups excluding carboxylic acids is 1. The van der Waals surface area contributed by atoms with Gasteiger partial charge in [-0.2, -0.15) is 5.10 Å². The van der Waals surface area contributed by atoms with Crippen molar-refractivity contribution >= 4 is 11.6 Å². The van der Waals surface area contributed by atoms with Crippen LogP contribution in [0.5, 0.6) is 5.75 Å². The van der Waals surface area contributed by atoms with Crippen LogP contribution in [0.2, 0.25) is 0 Å². The standard InChI is InChI=1S/C19H26N2O2/c1-13-6-5-7-15(10-13)23-12-17(22)21-20-16-11-14-8-9-19(16,4)18(14,2)3/h5-7,10,14H,8-9,11-12H2,1-4H3,(H,21,22)/b20-16-/t14-,19+/m1/s1. The predicted molar refractivity (Wildman–Crippen MR) is 91.5 cm³/mol. The van der Waals surface area contributed by atoms with Gasteiger partial charge in [0.05, 0.1) is 0 Å². The fourth-order valence-electron chi connectivity index (χ4n) is 4.11. The molecule has 2 bridgehead atoms. The van der Waals surface area contributed by atoms with Crippen LogP contribution < -0.4 is 10.2 Å². The molecule has 0 spiro atoms. The molecule has 124 valence electrons. The van der Waals surface area contributed by atoms with Crippen molar-refractivity contribution in [3.8, 4) is 5.75 Å². The highest BCUT2D eigenvalue weighted by Crippen LogP contribution is 2.63.